The number of rotatable bonds is 3. The van der Waals surface area contributed by atoms with Crippen LogP contribution in [0.3, 0.4) is 0 Å². The number of amides is 3. The Bertz CT molecular complexity index is 1340. The van der Waals surface area contributed by atoms with Crippen LogP contribution in [0, 0.1) is 0 Å². The Labute approximate surface area is 199 Å². The average Bonchev–Trinajstić information content (AvgIpc) is 3.21. The number of carbonyl (C=O) groups excluding carboxylic acids is 3. The van der Waals surface area contributed by atoms with Crippen molar-refractivity contribution in [2.75, 3.05) is 38.1 Å². The molecule has 4 heterocycles. The van der Waals surface area contributed by atoms with Gasteiger partial charge in [-0.3, -0.25) is 28.3 Å². The third-order valence-electron chi connectivity index (χ3n) is 6.71. The van der Waals surface area contributed by atoms with Crippen molar-refractivity contribution in [1.82, 2.24) is 18.9 Å². The molecular formula is C23H25N5O7. The Morgan fingerprint density at radius 2 is 1.63 bits per heavy atom. The number of piperazine rings is 1. The molecule has 1 saturated heterocycles. The molecule has 0 aliphatic carbocycles. The number of fused-ring (bicyclic) bond motifs is 2. The number of hydrogen-bond acceptors (Lipinski definition) is 7. The molecule has 35 heavy (non-hydrogen) atoms. The van der Waals surface area contributed by atoms with E-state index in [1.54, 1.807) is 28.0 Å². The van der Waals surface area contributed by atoms with Gasteiger partial charge in [-0.1, -0.05) is 12.1 Å². The van der Waals surface area contributed by atoms with E-state index in [2.05, 4.69) is 5.32 Å². The lowest BCUT2D eigenvalue weighted by molar-refractivity contribution is -0.146. The van der Waals surface area contributed by atoms with Crippen molar-refractivity contribution in [1.29, 1.82) is 0 Å². The molecule has 0 spiro atoms. The van der Waals surface area contributed by atoms with Gasteiger partial charge in [0.2, 0.25) is 17.9 Å². The Balaban J connectivity index is 1.22. The summed E-state index contributed by atoms with van der Waals surface area (Å²) in [4.78, 5) is 66.5. The first-order chi connectivity index (χ1) is 16.8. The highest BCUT2D eigenvalue weighted by Gasteiger charge is 2.39. The lowest BCUT2D eigenvalue weighted by Crippen LogP contribution is -2.55. The van der Waals surface area contributed by atoms with Crippen LogP contribution < -0.4 is 26.0 Å². The zero-order valence-electron chi connectivity index (χ0n) is 19.4. The standard InChI is InChI=1S/C23H25N5O7/c1-25-19-18(22(32)26(2)23(25)33)13(20(30)24-19)11-17(29)27-7-9-28(10-8-27)21(31)16-12-34-14-5-3-4-6-15(14)35-16/h3-6,13,16H,7-12H2,1-2H3,(H,24,30)/t13-,16+/m1/s1. The lowest BCUT2D eigenvalue weighted by Gasteiger charge is -2.37. The number of para-hydroxylation sites is 2. The van der Waals surface area contributed by atoms with Gasteiger partial charge in [0, 0.05) is 46.7 Å². The molecule has 1 aromatic heterocycles. The number of nitrogens with zero attached hydrogens (tertiary/aromatic N) is 4. The fourth-order valence-corrected chi connectivity index (χ4v) is 4.69. The van der Waals surface area contributed by atoms with Gasteiger partial charge in [0.15, 0.2) is 11.5 Å². The van der Waals surface area contributed by atoms with Gasteiger partial charge in [-0.15, -0.1) is 0 Å². The summed E-state index contributed by atoms with van der Waals surface area (Å²) in [6.45, 7) is 1.33. The van der Waals surface area contributed by atoms with Crippen molar-refractivity contribution >= 4 is 23.5 Å². The molecule has 3 aliphatic rings. The molecule has 0 saturated carbocycles. The summed E-state index contributed by atoms with van der Waals surface area (Å²) < 4.78 is 13.5. The van der Waals surface area contributed by atoms with Crippen molar-refractivity contribution < 1.29 is 23.9 Å². The quantitative estimate of drug-likeness (QED) is 0.594. The Kier molecular flexibility index (Phi) is 5.58. The van der Waals surface area contributed by atoms with Gasteiger partial charge in [-0.2, -0.15) is 0 Å². The van der Waals surface area contributed by atoms with Crippen LogP contribution >= 0.6 is 0 Å². The average molecular weight is 483 g/mol. The Hall–Kier alpha value is -4.09. The van der Waals surface area contributed by atoms with E-state index in [1.807, 2.05) is 6.07 Å². The molecule has 3 amide bonds. The number of nitrogens with one attached hydrogen (secondary N) is 1. The second kappa shape index (κ2) is 8.60. The maximum absolute atomic E-state index is 13.0. The number of carbonyl (C=O) groups is 3. The summed E-state index contributed by atoms with van der Waals surface area (Å²) in [5.74, 6) is -0.727. The predicted molar refractivity (Wildman–Crippen MR) is 122 cm³/mol. The molecule has 12 heteroatoms. The van der Waals surface area contributed by atoms with Gasteiger partial charge in [0.25, 0.3) is 11.5 Å². The number of anilines is 1. The zero-order valence-corrected chi connectivity index (χ0v) is 19.4. The second-order valence-electron chi connectivity index (χ2n) is 8.78. The summed E-state index contributed by atoms with van der Waals surface area (Å²) in [6.07, 6.45) is -0.954. The largest absolute Gasteiger partial charge is 0.485 e. The molecule has 2 atom stereocenters. The number of benzene rings is 1. The van der Waals surface area contributed by atoms with Crippen LogP contribution in [0.15, 0.2) is 33.9 Å². The van der Waals surface area contributed by atoms with E-state index >= 15 is 0 Å². The third kappa shape index (κ3) is 3.84. The predicted octanol–water partition coefficient (Wildman–Crippen LogP) is -0.979. The zero-order chi connectivity index (χ0) is 24.9. The highest BCUT2D eigenvalue weighted by molar-refractivity contribution is 6.04. The molecule has 0 unspecified atom stereocenters. The number of hydrogen-bond donors (Lipinski definition) is 1. The highest BCUT2D eigenvalue weighted by atomic mass is 16.6. The minimum atomic E-state index is -0.976. The van der Waals surface area contributed by atoms with E-state index < -0.39 is 29.2 Å². The first-order valence-corrected chi connectivity index (χ1v) is 11.3. The SMILES string of the molecule is Cn1c2c(c(=O)n(C)c1=O)[C@@H](CC(=O)N1CCN(C(=O)[C@@H]3COc4ccccc4O3)CC1)C(=O)N2. The molecule has 0 bridgehead atoms. The molecule has 0 radical (unpaired) electrons. The van der Waals surface area contributed by atoms with Crippen LogP contribution in [0.25, 0.3) is 0 Å². The highest BCUT2D eigenvalue weighted by Crippen LogP contribution is 2.32. The molecule has 3 aliphatic heterocycles. The van der Waals surface area contributed by atoms with Crippen molar-refractivity contribution in [3.05, 3.63) is 50.7 Å². The number of aromatic nitrogens is 2. The van der Waals surface area contributed by atoms with E-state index in [0.717, 1.165) is 4.57 Å². The van der Waals surface area contributed by atoms with Crippen molar-refractivity contribution in [2.24, 2.45) is 14.1 Å². The van der Waals surface area contributed by atoms with E-state index in [4.69, 9.17) is 9.47 Å². The first-order valence-electron chi connectivity index (χ1n) is 11.3. The summed E-state index contributed by atoms with van der Waals surface area (Å²) >= 11 is 0. The van der Waals surface area contributed by atoms with Crippen LogP contribution in [0.1, 0.15) is 17.9 Å². The molecule has 5 rings (SSSR count). The molecule has 1 aromatic carbocycles. The van der Waals surface area contributed by atoms with E-state index in [1.165, 1.54) is 18.7 Å². The first kappa shape index (κ1) is 22.7. The fraction of sp³-hybridized carbons (Fsp3) is 0.435. The Morgan fingerprint density at radius 3 is 2.34 bits per heavy atom. The van der Waals surface area contributed by atoms with E-state index in [-0.39, 0.29) is 36.2 Å². The van der Waals surface area contributed by atoms with Gasteiger partial charge in [-0.25, -0.2) is 4.79 Å². The normalized spacial score (nSPS) is 20.9. The fourth-order valence-electron chi connectivity index (χ4n) is 4.69. The molecule has 1 fully saturated rings. The molecule has 184 valence electrons. The van der Waals surface area contributed by atoms with Crippen LogP contribution in [-0.4, -0.2) is 75.5 Å². The molecular weight excluding hydrogens is 458 g/mol. The van der Waals surface area contributed by atoms with Crippen LogP contribution in [0.4, 0.5) is 5.82 Å². The third-order valence-corrected chi connectivity index (χ3v) is 6.71. The molecule has 2 aromatic rings. The molecule has 1 N–H and O–H groups in total. The maximum Gasteiger partial charge on any atom is 0.332 e. The summed E-state index contributed by atoms with van der Waals surface area (Å²) in [5, 5.41) is 2.56. The van der Waals surface area contributed by atoms with Crippen molar-refractivity contribution in [3.8, 4) is 11.5 Å². The lowest BCUT2D eigenvalue weighted by atomic mass is 9.98. The van der Waals surface area contributed by atoms with Crippen LogP contribution in [0.5, 0.6) is 11.5 Å². The van der Waals surface area contributed by atoms with Gasteiger partial charge in [0.05, 0.1) is 11.5 Å². The van der Waals surface area contributed by atoms with Gasteiger partial charge < -0.3 is 24.6 Å². The summed E-state index contributed by atoms with van der Waals surface area (Å²) in [5.41, 5.74) is -1.03. The topological polar surface area (TPSA) is 132 Å². The smallest absolute Gasteiger partial charge is 0.332 e. The monoisotopic (exact) mass is 483 g/mol. The van der Waals surface area contributed by atoms with Crippen molar-refractivity contribution in [2.45, 2.75) is 18.4 Å². The van der Waals surface area contributed by atoms with Crippen molar-refractivity contribution in [3.63, 3.8) is 0 Å². The summed E-state index contributed by atoms with van der Waals surface area (Å²) in [6, 6.07) is 7.15. The van der Waals surface area contributed by atoms with Gasteiger partial charge >= 0.3 is 5.69 Å². The van der Waals surface area contributed by atoms with Gasteiger partial charge in [-0.05, 0) is 12.1 Å². The van der Waals surface area contributed by atoms with E-state index in [0.29, 0.717) is 37.7 Å². The Morgan fingerprint density at radius 1 is 0.971 bits per heavy atom. The van der Waals surface area contributed by atoms with Crippen LogP contribution in [-0.2, 0) is 28.5 Å². The molecule has 12 nitrogen and oxygen atoms in total. The van der Waals surface area contributed by atoms with Crippen LogP contribution in [0.2, 0.25) is 0 Å². The minimum Gasteiger partial charge on any atom is -0.485 e. The van der Waals surface area contributed by atoms with Gasteiger partial charge in [0.1, 0.15) is 12.4 Å². The minimum absolute atomic E-state index is 0.114. The maximum atomic E-state index is 13.0. The van der Waals surface area contributed by atoms with E-state index in [9.17, 15) is 24.0 Å². The summed E-state index contributed by atoms with van der Waals surface area (Å²) in [7, 11) is 2.80. The second-order valence-corrected chi connectivity index (χ2v) is 8.78. The number of ether oxygens (including phenoxy) is 2.